The van der Waals surface area contributed by atoms with Gasteiger partial charge in [0.05, 0.1) is 0 Å². The van der Waals surface area contributed by atoms with Gasteiger partial charge >= 0.3 is 0 Å². The van der Waals surface area contributed by atoms with Gasteiger partial charge in [0.2, 0.25) is 5.91 Å². The first-order valence-corrected chi connectivity index (χ1v) is 7.80. The number of rotatable bonds is 5. The van der Waals surface area contributed by atoms with Crippen molar-refractivity contribution in [2.24, 2.45) is 5.73 Å². The lowest BCUT2D eigenvalue weighted by molar-refractivity contribution is -0.118. The van der Waals surface area contributed by atoms with E-state index in [2.05, 4.69) is 40.3 Å². The van der Waals surface area contributed by atoms with Gasteiger partial charge in [-0.05, 0) is 56.4 Å². The van der Waals surface area contributed by atoms with Gasteiger partial charge in [0.1, 0.15) is 0 Å². The summed E-state index contributed by atoms with van der Waals surface area (Å²) in [4.78, 5) is 16.6. The summed E-state index contributed by atoms with van der Waals surface area (Å²) in [5, 5.41) is 1.37. The number of fused-ring (bicyclic) bond motifs is 1. The van der Waals surface area contributed by atoms with Crippen LogP contribution >= 0.6 is 0 Å². The molecule has 0 aliphatic carbocycles. The number of carbonyl (C=O) groups is 1. The van der Waals surface area contributed by atoms with Crippen LogP contribution in [0.5, 0.6) is 0 Å². The second-order valence-electron chi connectivity index (χ2n) is 5.98. The fourth-order valence-corrected chi connectivity index (χ4v) is 3.38. The van der Waals surface area contributed by atoms with Crippen molar-refractivity contribution in [2.75, 3.05) is 19.6 Å². The molecule has 3 N–H and O–H groups in total. The monoisotopic (exact) mass is 285 g/mol. The lowest BCUT2D eigenvalue weighted by atomic mass is 9.89. The highest BCUT2D eigenvalue weighted by Crippen LogP contribution is 2.33. The van der Waals surface area contributed by atoms with E-state index in [0.29, 0.717) is 12.3 Å². The molecule has 3 rings (SSSR count). The largest absolute Gasteiger partial charge is 0.370 e. The first-order chi connectivity index (χ1) is 10.2. The molecule has 4 heteroatoms. The summed E-state index contributed by atoms with van der Waals surface area (Å²) in [6, 6.07) is 8.53. The van der Waals surface area contributed by atoms with Crippen LogP contribution < -0.4 is 5.73 Å². The average Bonchev–Trinajstić information content (AvgIpc) is 2.92. The smallest absolute Gasteiger partial charge is 0.217 e. The van der Waals surface area contributed by atoms with Crippen molar-refractivity contribution in [3.8, 4) is 0 Å². The molecule has 1 aromatic carbocycles. The number of nitrogens with one attached hydrogen (secondary N) is 1. The van der Waals surface area contributed by atoms with Gasteiger partial charge in [-0.15, -0.1) is 0 Å². The van der Waals surface area contributed by atoms with E-state index in [0.717, 1.165) is 26.1 Å². The minimum atomic E-state index is -0.191. The molecule has 21 heavy (non-hydrogen) atoms. The van der Waals surface area contributed by atoms with Gasteiger partial charge in [-0.3, -0.25) is 4.79 Å². The van der Waals surface area contributed by atoms with Crippen LogP contribution in [-0.4, -0.2) is 35.4 Å². The van der Waals surface area contributed by atoms with Crippen LogP contribution in [0.2, 0.25) is 0 Å². The Morgan fingerprint density at radius 2 is 2.05 bits per heavy atom. The minimum Gasteiger partial charge on any atom is -0.370 e. The van der Waals surface area contributed by atoms with Crippen molar-refractivity contribution in [3.63, 3.8) is 0 Å². The highest BCUT2D eigenvalue weighted by Gasteiger charge is 2.22. The van der Waals surface area contributed by atoms with Gasteiger partial charge < -0.3 is 15.6 Å². The van der Waals surface area contributed by atoms with Crippen LogP contribution in [-0.2, 0) is 4.79 Å². The zero-order valence-corrected chi connectivity index (χ0v) is 12.3. The maximum atomic E-state index is 10.8. The molecule has 1 aliphatic rings. The Morgan fingerprint density at radius 1 is 1.29 bits per heavy atom. The fourth-order valence-electron chi connectivity index (χ4n) is 3.38. The molecule has 0 atom stereocenters. The summed E-state index contributed by atoms with van der Waals surface area (Å²) in [5.41, 5.74) is 7.88. The number of nitrogens with zero attached hydrogens (tertiary/aromatic N) is 1. The predicted molar refractivity (Wildman–Crippen MR) is 85.1 cm³/mol. The third-order valence-corrected chi connectivity index (χ3v) is 4.55. The Balaban J connectivity index is 1.57. The van der Waals surface area contributed by atoms with E-state index in [1.807, 2.05) is 0 Å². The molecule has 1 fully saturated rings. The van der Waals surface area contributed by atoms with Crippen LogP contribution in [0.4, 0.5) is 0 Å². The summed E-state index contributed by atoms with van der Waals surface area (Å²) < 4.78 is 0. The molecule has 0 unspecified atom stereocenters. The fraction of sp³-hybridized carbons (Fsp3) is 0.471. The van der Waals surface area contributed by atoms with Gasteiger partial charge in [-0.2, -0.15) is 0 Å². The third-order valence-electron chi connectivity index (χ3n) is 4.55. The van der Waals surface area contributed by atoms with E-state index in [4.69, 9.17) is 5.73 Å². The second kappa shape index (κ2) is 6.31. The Hall–Kier alpha value is -1.81. The second-order valence-corrected chi connectivity index (χ2v) is 5.98. The van der Waals surface area contributed by atoms with Crippen LogP contribution in [0, 0.1) is 0 Å². The number of para-hydroxylation sites is 1. The normalized spacial score (nSPS) is 17.3. The van der Waals surface area contributed by atoms with Gasteiger partial charge in [0.25, 0.3) is 0 Å². The van der Waals surface area contributed by atoms with E-state index in [1.165, 1.54) is 29.3 Å². The maximum Gasteiger partial charge on any atom is 0.217 e. The number of amides is 1. The Kier molecular flexibility index (Phi) is 4.25. The first-order valence-electron chi connectivity index (χ1n) is 7.80. The summed E-state index contributed by atoms with van der Waals surface area (Å²) in [6.07, 6.45) is 5.95. The average molecular weight is 285 g/mol. The van der Waals surface area contributed by atoms with Crippen LogP contribution in [0.25, 0.3) is 10.9 Å². The molecule has 0 bridgehead atoms. The molecular weight excluding hydrogens is 262 g/mol. The molecule has 1 amide bonds. The summed E-state index contributed by atoms with van der Waals surface area (Å²) >= 11 is 0. The zero-order chi connectivity index (χ0) is 14.7. The molecule has 112 valence electrons. The van der Waals surface area contributed by atoms with E-state index in [-0.39, 0.29) is 5.91 Å². The number of carbonyl (C=O) groups excluding carboxylic acids is 1. The Bertz CT molecular complexity index is 611. The molecule has 2 aromatic rings. The quantitative estimate of drug-likeness (QED) is 0.887. The van der Waals surface area contributed by atoms with Gasteiger partial charge in [0.15, 0.2) is 0 Å². The Labute approximate surface area is 125 Å². The lowest BCUT2D eigenvalue weighted by Crippen LogP contribution is -2.34. The number of hydrogen-bond acceptors (Lipinski definition) is 2. The van der Waals surface area contributed by atoms with Crippen molar-refractivity contribution >= 4 is 16.8 Å². The van der Waals surface area contributed by atoms with Crippen LogP contribution in [0.15, 0.2) is 30.5 Å². The molecule has 1 aromatic heterocycles. The summed E-state index contributed by atoms with van der Waals surface area (Å²) in [7, 11) is 0. The minimum absolute atomic E-state index is 0.191. The molecule has 0 spiro atoms. The molecular formula is C17H23N3O. The standard InChI is InChI=1S/C17H23N3O/c18-17(21)6-3-9-20-10-7-13(8-11-20)15-12-19-16-5-2-1-4-14(15)16/h1-2,4-5,12-13,19H,3,6-11H2,(H2,18,21). The number of aromatic nitrogens is 1. The van der Waals surface area contributed by atoms with Crippen molar-refractivity contribution < 1.29 is 4.79 Å². The van der Waals surface area contributed by atoms with Crippen molar-refractivity contribution in [1.29, 1.82) is 0 Å². The van der Waals surface area contributed by atoms with Crippen LogP contribution in [0.3, 0.4) is 0 Å². The van der Waals surface area contributed by atoms with E-state index in [9.17, 15) is 4.79 Å². The number of aromatic amines is 1. The zero-order valence-electron chi connectivity index (χ0n) is 12.3. The molecule has 0 saturated carbocycles. The molecule has 1 aliphatic heterocycles. The number of nitrogens with two attached hydrogens (primary N) is 1. The van der Waals surface area contributed by atoms with E-state index >= 15 is 0 Å². The van der Waals surface area contributed by atoms with E-state index in [1.54, 1.807) is 0 Å². The summed E-state index contributed by atoms with van der Waals surface area (Å²) in [6.45, 7) is 3.22. The highest BCUT2D eigenvalue weighted by molar-refractivity contribution is 5.83. The van der Waals surface area contributed by atoms with Gasteiger partial charge in [-0.1, -0.05) is 18.2 Å². The number of likely N-dealkylation sites (tertiary alicyclic amines) is 1. The van der Waals surface area contributed by atoms with E-state index < -0.39 is 0 Å². The van der Waals surface area contributed by atoms with Crippen molar-refractivity contribution in [1.82, 2.24) is 9.88 Å². The lowest BCUT2D eigenvalue weighted by Gasteiger charge is -2.31. The van der Waals surface area contributed by atoms with Gasteiger partial charge in [0, 0.05) is 23.5 Å². The predicted octanol–water partition coefficient (Wildman–Crippen LogP) is 2.61. The van der Waals surface area contributed by atoms with Crippen molar-refractivity contribution in [2.45, 2.75) is 31.6 Å². The number of piperidine rings is 1. The SMILES string of the molecule is NC(=O)CCCN1CCC(c2c[nH]c3ccccc23)CC1. The van der Waals surface area contributed by atoms with Crippen molar-refractivity contribution in [3.05, 3.63) is 36.0 Å². The molecule has 0 radical (unpaired) electrons. The molecule has 1 saturated heterocycles. The van der Waals surface area contributed by atoms with Gasteiger partial charge in [-0.25, -0.2) is 0 Å². The summed E-state index contributed by atoms with van der Waals surface area (Å²) in [5.74, 6) is 0.456. The number of H-pyrrole nitrogens is 1. The third kappa shape index (κ3) is 3.27. The Morgan fingerprint density at radius 3 is 2.81 bits per heavy atom. The first kappa shape index (κ1) is 14.1. The number of hydrogen-bond donors (Lipinski definition) is 2. The number of primary amides is 1. The molecule has 2 heterocycles. The molecule has 4 nitrogen and oxygen atoms in total. The topological polar surface area (TPSA) is 62.1 Å². The van der Waals surface area contributed by atoms with Crippen LogP contribution in [0.1, 0.15) is 37.2 Å². The maximum absolute atomic E-state index is 10.8. The number of benzene rings is 1. The highest BCUT2D eigenvalue weighted by atomic mass is 16.1.